The van der Waals surface area contributed by atoms with Gasteiger partial charge >= 0.3 is 12.1 Å². The highest BCUT2D eigenvalue weighted by atomic mass is 14.8. The molecule has 1 aliphatic rings. The van der Waals surface area contributed by atoms with Gasteiger partial charge in [0.2, 0.25) is 0 Å². The van der Waals surface area contributed by atoms with E-state index in [2.05, 4.69) is 40.9 Å². The van der Waals surface area contributed by atoms with Crippen molar-refractivity contribution in [3.05, 3.63) is 57.7 Å². The first-order valence-electron chi connectivity index (χ1n) is 7.85. The Balaban J connectivity index is 2.46. The summed E-state index contributed by atoms with van der Waals surface area (Å²) in [4.78, 5) is 6.89. The van der Waals surface area contributed by atoms with Crippen LogP contribution < -0.4 is 0 Å². The third kappa shape index (κ3) is 3.18. The third-order valence-electron chi connectivity index (χ3n) is 4.58. The molecule has 4 heteroatoms. The summed E-state index contributed by atoms with van der Waals surface area (Å²) in [6.45, 7) is 16.7. The standard InChI is InChI=1S/C19H18N4/c1-4-5-6-13-7-8-14-15(9-13)17(19(12-21)23-3)10-16(14)18(11-20)22-2/h7-9,16-19H,4-6,10H2,1H3. The van der Waals surface area contributed by atoms with Gasteiger partial charge in [0.15, 0.2) is 12.1 Å². The number of unbranched alkanes of at least 4 members (excludes halogenated alkanes) is 1. The van der Waals surface area contributed by atoms with Crippen molar-refractivity contribution in [1.29, 1.82) is 10.5 Å². The van der Waals surface area contributed by atoms with E-state index in [1.165, 1.54) is 5.56 Å². The van der Waals surface area contributed by atoms with Gasteiger partial charge in [-0.1, -0.05) is 31.5 Å². The van der Waals surface area contributed by atoms with Gasteiger partial charge in [0.1, 0.15) is 0 Å². The average molecular weight is 302 g/mol. The Morgan fingerprint density at radius 1 is 1.13 bits per heavy atom. The molecule has 0 bridgehead atoms. The summed E-state index contributed by atoms with van der Waals surface area (Å²) in [6, 6.07) is 8.80. The second kappa shape index (κ2) is 7.45. The van der Waals surface area contributed by atoms with Crippen molar-refractivity contribution in [1.82, 2.24) is 0 Å². The van der Waals surface area contributed by atoms with Crippen LogP contribution in [0, 0.1) is 35.8 Å². The summed E-state index contributed by atoms with van der Waals surface area (Å²) in [6.07, 6.45) is 3.72. The number of nitriles is 2. The van der Waals surface area contributed by atoms with Gasteiger partial charge in [-0.25, -0.2) is 13.1 Å². The molecule has 0 heterocycles. The molecule has 0 fully saturated rings. The first-order chi connectivity index (χ1) is 11.2. The van der Waals surface area contributed by atoms with E-state index in [0.29, 0.717) is 6.42 Å². The highest BCUT2D eigenvalue weighted by Crippen LogP contribution is 2.46. The van der Waals surface area contributed by atoms with Crippen LogP contribution in [0.4, 0.5) is 0 Å². The molecular weight excluding hydrogens is 284 g/mol. The van der Waals surface area contributed by atoms with Gasteiger partial charge in [-0.15, -0.1) is 0 Å². The predicted molar refractivity (Wildman–Crippen MR) is 87.2 cm³/mol. The maximum atomic E-state index is 9.27. The fraction of sp³-hybridized carbons (Fsp3) is 0.474. The molecule has 0 aliphatic heterocycles. The normalized spacial score (nSPS) is 21.1. The Labute approximate surface area is 137 Å². The van der Waals surface area contributed by atoms with Gasteiger partial charge < -0.3 is 0 Å². The Kier molecular flexibility index (Phi) is 5.36. The lowest BCUT2D eigenvalue weighted by atomic mass is 9.92. The van der Waals surface area contributed by atoms with E-state index in [1.54, 1.807) is 0 Å². The molecule has 2 rings (SSSR count). The van der Waals surface area contributed by atoms with Crippen molar-refractivity contribution in [2.45, 2.75) is 56.5 Å². The van der Waals surface area contributed by atoms with Crippen molar-refractivity contribution >= 4 is 0 Å². The minimum Gasteiger partial charge on any atom is -0.297 e. The van der Waals surface area contributed by atoms with Crippen LogP contribution in [0.25, 0.3) is 9.69 Å². The maximum Gasteiger partial charge on any atom is 0.313 e. The lowest BCUT2D eigenvalue weighted by Gasteiger charge is -2.10. The molecule has 0 saturated carbocycles. The Bertz CT molecular complexity index is 711. The molecule has 0 amide bonds. The highest BCUT2D eigenvalue weighted by Gasteiger charge is 2.44. The number of hydrogen-bond donors (Lipinski definition) is 0. The average Bonchev–Trinajstić information content (AvgIpc) is 2.94. The minimum absolute atomic E-state index is 0.198. The van der Waals surface area contributed by atoms with Gasteiger partial charge in [0.05, 0.1) is 11.8 Å². The number of fused-ring (bicyclic) bond motifs is 1. The van der Waals surface area contributed by atoms with Crippen LogP contribution in [0.3, 0.4) is 0 Å². The summed E-state index contributed by atoms with van der Waals surface area (Å²) < 4.78 is 0. The van der Waals surface area contributed by atoms with E-state index in [4.69, 9.17) is 13.1 Å². The molecule has 0 saturated heterocycles. The fourth-order valence-electron chi connectivity index (χ4n) is 3.36. The van der Waals surface area contributed by atoms with E-state index >= 15 is 0 Å². The SMILES string of the molecule is [C-]#[N+]C(C#N)C1CC(C(C#N)[N+]#[C-])c2cc(CCCC)ccc21. The smallest absolute Gasteiger partial charge is 0.297 e. The van der Waals surface area contributed by atoms with Crippen LogP contribution in [-0.4, -0.2) is 12.1 Å². The molecule has 0 N–H and O–H groups in total. The van der Waals surface area contributed by atoms with Gasteiger partial charge in [0.25, 0.3) is 0 Å². The number of aryl methyl sites for hydroxylation is 1. The van der Waals surface area contributed by atoms with Crippen LogP contribution in [0.2, 0.25) is 0 Å². The van der Waals surface area contributed by atoms with E-state index in [-0.39, 0.29) is 11.8 Å². The predicted octanol–water partition coefficient (Wildman–Crippen LogP) is 4.22. The zero-order valence-electron chi connectivity index (χ0n) is 13.2. The molecule has 0 spiro atoms. The molecule has 4 unspecified atom stereocenters. The van der Waals surface area contributed by atoms with Crippen LogP contribution in [0.5, 0.6) is 0 Å². The van der Waals surface area contributed by atoms with Gasteiger partial charge in [0, 0.05) is 0 Å². The second-order valence-electron chi connectivity index (χ2n) is 5.92. The first-order valence-corrected chi connectivity index (χ1v) is 7.85. The molecule has 1 aromatic rings. The molecular formula is C19H18N4. The second-order valence-corrected chi connectivity index (χ2v) is 5.92. The molecule has 4 nitrogen and oxygen atoms in total. The Morgan fingerprint density at radius 3 is 2.26 bits per heavy atom. The van der Waals surface area contributed by atoms with Crippen molar-refractivity contribution in [2.24, 2.45) is 0 Å². The van der Waals surface area contributed by atoms with Gasteiger partial charge in [-0.2, -0.15) is 10.5 Å². The van der Waals surface area contributed by atoms with Crippen LogP contribution in [0.1, 0.15) is 54.7 Å². The summed E-state index contributed by atoms with van der Waals surface area (Å²) in [5.41, 5.74) is 3.17. The Hall–Kier alpha value is -2.82. The first kappa shape index (κ1) is 16.5. The number of rotatable bonds is 5. The zero-order valence-corrected chi connectivity index (χ0v) is 13.2. The van der Waals surface area contributed by atoms with Crippen molar-refractivity contribution < 1.29 is 0 Å². The quantitative estimate of drug-likeness (QED) is 0.764. The lowest BCUT2D eigenvalue weighted by Crippen LogP contribution is -2.13. The van der Waals surface area contributed by atoms with E-state index in [1.807, 2.05) is 6.07 Å². The number of nitrogens with zero attached hydrogens (tertiary/aromatic N) is 4. The van der Waals surface area contributed by atoms with E-state index < -0.39 is 12.1 Å². The molecule has 1 aromatic carbocycles. The number of hydrogen-bond acceptors (Lipinski definition) is 2. The van der Waals surface area contributed by atoms with Crippen LogP contribution in [-0.2, 0) is 6.42 Å². The minimum atomic E-state index is -0.745. The molecule has 0 radical (unpaired) electrons. The van der Waals surface area contributed by atoms with E-state index in [0.717, 1.165) is 30.4 Å². The van der Waals surface area contributed by atoms with Gasteiger partial charge in [-0.3, -0.25) is 9.69 Å². The van der Waals surface area contributed by atoms with Crippen molar-refractivity contribution in [3.8, 4) is 12.1 Å². The largest absolute Gasteiger partial charge is 0.313 e. The monoisotopic (exact) mass is 302 g/mol. The summed E-state index contributed by atoms with van der Waals surface area (Å²) in [5.74, 6) is -0.396. The third-order valence-corrected chi connectivity index (χ3v) is 4.58. The summed E-state index contributed by atoms with van der Waals surface area (Å²) >= 11 is 0. The topological polar surface area (TPSA) is 56.3 Å². The van der Waals surface area contributed by atoms with E-state index in [9.17, 15) is 10.5 Å². The maximum absolute atomic E-state index is 9.27. The summed E-state index contributed by atoms with van der Waals surface area (Å²) in [7, 11) is 0. The molecule has 23 heavy (non-hydrogen) atoms. The molecule has 1 aliphatic carbocycles. The van der Waals surface area contributed by atoms with Crippen LogP contribution in [0.15, 0.2) is 18.2 Å². The fourth-order valence-corrected chi connectivity index (χ4v) is 3.36. The number of benzene rings is 1. The van der Waals surface area contributed by atoms with Crippen molar-refractivity contribution in [3.63, 3.8) is 0 Å². The zero-order chi connectivity index (χ0) is 16.8. The molecule has 4 atom stereocenters. The van der Waals surface area contributed by atoms with Gasteiger partial charge in [-0.05, 0) is 36.0 Å². The lowest BCUT2D eigenvalue weighted by molar-refractivity contribution is 0.573. The van der Waals surface area contributed by atoms with Crippen LogP contribution >= 0.6 is 0 Å². The highest BCUT2D eigenvalue weighted by molar-refractivity contribution is 5.46. The molecule has 114 valence electrons. The van der Waals surface area contributed by atoms with Crippen molar-refractivity contribution in [2.75, 3.05) is 0 Å². The summed E-state index contributed by atoms with van der Waals surface area (Å²) in [5, 5.41) is 18.5. The Morgan fingerprint density at radius 2 is 1.74 bits per heavy atom. The molecule has 0 aromatic heterocycles.